The molecule has 1 aromatic carbocycles. The van der Waals surface area contributed by atoms with E-state index in [0.717, 1.165) is 22.3 Å². The molecule has 0 aliphatic carbocycles. The fourth-order valence-electron chi connectivity index (χ4n) is 2.92. The Kier molecular flexibility index (Phi) is 5.77. The maximum atomic E-state index is 12.4. The smallest absolute Gasteiger partial charge is 0.493 e. The van der Waals surface area contributed by atoms with Crippen LogP contribution >= 0.6 is 0 Å². The Balaban J connectivity index is 2.32. The zero-order valence-electron chi connectivity index (χ0n) is 15.3. The van der Waals surface area contributed by atoms with E-state index in [1.54, 1.807) is 26.2 Å². The molecule has 7 heteroatoms. The Morgan fingerprint density at radius 3 is 2.33 bits per heavy atom. The first-order valence-electron chi connectivity index (χ1n) is 8.03. The molecule has 1 aromatic rings. The first-order chi connectivity index (χ1) is 11.3. The van der Waals surface area contributed by atoms with Gasteiger partial charge in [0.1, 0.15) is 11.4 Å². The Labute approximate surface area is 144 Å². The fraction of sp³-hybridized carbons (Fsp3) is 0.588. The van der Waals surface area contributed by atoms with E-state index in [1.807, 2.05) is 32.9 Å². The van der Waals surface area contributed by atoms with Crippen molar-refractivity contribution in [1.29, 1.82) is 0 Å². The lowest BCUT2D eigenvalue weighted by molar-refractivity contribution is 0.0223. The Morgan fingerprint density at radius 1 is 1.12 bits per heavy atom. The summed E-state index contributed by atoms with van der Waals surface area (Å²) in [4.78, 5) is 14.1. The predicted molar refractivity (Wildman–Crippen MR) is 92.7 cm³/mol. The van der Waals surface area contributed by atoms with E-state index in [1.165, 1.54) is 0 Å². The molecule has 0 atom stereocenters. The van der Waals surface area contributed by atoms with Crippen LogP contribution in [0.4, 0.5) is 4.79 Å². The summed E-state index contributed by atoms with van der Waals surface area (Å²) in [5, 5.41) is 0. The minimum absolute atomic E-state index is 0.310. The molecule has 6 nitrogen and oxygen atoms in total. The van der Waals surface area contributed by atoms with Gasteiger partial charge in [0, 0.05) is 26.3 Å². The number of amides is 1. The van der Waals surface area contributed by atoms with Crippen LogP contribution in [0.5, 0.6) is 5.75 Å². The van der Waals surface area contributed by atoms with Gasteiger partial charge in [0.05, 0.1) is 13.7 Å². The van der Waals surface area contributed by atoms with Gasteiger partial charge in [-0.1, -0.05) is 6.07 Å². The Bertz CT molecular complexity index is 595. The zero-order valence-corrected chi connectivity index (χ0v) is 15.3. The molecule has 1 aliphatic rings. The molecule has 132 valence electrons. The van der Waals surface area contributed by atoms with Crippen LogP contribution in [0.1, 0.15) is 31.9 Å². The van der Waals surface area contributed by atoms with Gasteiger partial charge in [0.25, 0.3) is 0 Å². The highest BCUT2D eigenvalue weighted by atomic mass is 16.6. The molecule has 0 fully saturated rings. The molecule has 24 heavy (non-hydrogen) atoms. The van der Waals surface area contributed by atoms with Gasteiger partial charge in [-0.2, -0.15) is 0 Å². The third kappa shape index (κ3) is 4.02. The van der Waals surface area contributed by atoms with Crippen molar-refractivity contribution in [3.05, 3.63) is 23.3 Å². The number of rotatable bonds is 4. The number of hydrogen-bond acceptors (Lipinski definition) is 5. The van der Waals surface area contributed by atoms with Gasteiger partial charge in [-0.3, -0.25) is 0 Å². The monoisotopic (exact) mass is 335 g/mol. The minimum atomic E-state index is -0.513. The first-order valence-corrected chi connectivity index (χ1v) is 8.03. The zero-order chi connectivity index (χ0) is 17.9. The van der Waals surface area contributed by atoms with Crippen LogP contribution in [-0.2, 0) is 27.0 Å². The number of hydrogen-bond donors (Lipinski definition) is 0. The lowest BCUT2D eigenvalue weighted by Gasteiger charge is -2.33. The minimum Gasteiger partial charge on any atom is -0.496 e. The summed E-state index contributed by atoms with van der Waals surface area (Å²) in [5.41, 5.74) is 2.55. The molecular weight excluding hydrogens is 309 g/mol. The van der Waals surface area contributed by atoms with E-state index < -0.39 is 12.7 Å². The summed E-state index contributed by atoms with van der Waals surface area (Å²) >= 11 is 0. The number of benzene rings is 1. The van der Waals surface area contributed by atoms with Crippen LogP contribution in [0.3, 0.4) is 0 Å². The van der Waals surface area contributed by atoms with E-state index in [4.69, 9.17) is 18.8 Å². The molecule has 0 unspecified atom stereocenters. The van der Waals surface area contributed by atoms with Crippen molar-refractivity contribution in [3.8, 4) is 5.75 Å². The molecule has 1 heterocycles. The highest BCUT2D eigenvalue weighted by Gasteiger charge is 2.31. The average Bonchev–Trinajstić information content (AvgIpc) is 2.53. The van der Waals surface area contributed by atoms with Crippen LogP contribution in [0, 0.1) is 0 Å². The summed E-state index contributed by atoms with van der Waals surface area (Å²) < 4.78 is 21.8. The third-order valence-electron chi connectivity index (χ3n) is 3.96. The van der Waals surface area contributed by atoms with Gasteiger partial charge < -0.3 is 23.7 Å². The van der Waals surface area contributed by atoms with Crippen molar-refractivity contribution < 1.29 is 23.6 Å². The van der Waals surface area contributed by atoms with Crippen molar-refractivity contribution in [2.24, 2.45) is 0 Å². The molecule has 0 aromatic heterocycles. The molecule has 0 saturated heterocycles. The van der Waals surface area contributed by atoms with Gasteiger partial charge in [-0.05, 0) is 44.3 Å². The van der Waals surface area contributed by atoms with E-state index in [2.05, 4.69) is 0 Å². The first kappa shape index (κ1) is 18.6. The topological polar surface area (TPSA) is 57.2 Å². The SMILES string of the molecule is COB(OC)c1ccc(OC)c2c1CCN(C(=O)OC(C)(C)C)C2. The molecule has 0 radical (unpaired) electrons. The van der Waals surface area contributed by atoms with E-state index >= 15 is 0 Å². The van der Waals surface area contributed by atoms with Crippen molar-refractivity contribution in [1.82, 2.24) is 4.90 Å². The number of carbonyl (C=O) groups is 1. The van der Waals surface area contributed by atoms with Crippen LogP contribution in [-0.4, -0.2) is 51.6 Å². The molecule has 1 amide bonds. The Morgan fingerprint density at radius 2 is 1.79 bits per heavy atom. The quantitative estimate of drug-likeness (QED) is 0.788. The summed E-state index contributed by atoms with van der Waals surface area (Å²) in [6.07, 6.45) is 0.389. The molecular formula is C17H26BNO5. The van der Waals surface area contributed by atoms with Crippen LogP contribution in [0.15, 0.2) is 12.1 Å². The van der Waals surface area contributed by atoms with Crippen LogP contribution in [0.25, 0.3) is 0 Å². The highest BCUT2D eigenvalue weighted by molar-refractivity contribution is 6.61. The van der Waals surface area contributed by atoms with Gasteiger partial charge in [0.2, 0.25) is 0 Å². The number of ether oxygens (including phenoxy) is 2. The van der Waals surface area contributed by atoms with Crippen LogP contribution < -0.4 is 10.2 Å². The van der Waals surface area contributed by atoms with Gasteiger partial charge in [-0.25, -0.2) is 4.79 Å². The number of methoxy groups -OCH3 is 1. The summed E-state index contributed by atoms with van der Waals surface area (Å²) in [6, 6.07) is 3.84. The number of fused-ring (bicyclic) bond motifs is 1. The average molecular weight is 335 g/mol. The normalized spacial score (nSPS) is 14.2. The van der Waals surface area contributed by atoms with E-state index in [9.17, 15) is 4.79 Å². The lowest BCUT2D eigenvalue weighted by atomic mass is 9.73. The molecule has 0 bridgehead atoms. The molecule has 0 saturated carbocycles. The van der Waals surface area contributed by atoms with Crippen molar-refractivity contribution >= 4 is 18.7 Å². The second kappa shape index (κ2) is 7.44. The number of carbonyl (C=O) groups excluding carboxylic acids is 1. The highest BCUT2D eigenvalue weighted by Crippen LogP contribution is 2.28. The summed E-state index contributed by atoms with van der Waals surface area (Å²) in [7, 11) is 4.42. The standard InChI is InChI=1S/C17H26BNO5/c1-17(2,3)24-16(20)19-10-9-12-13(11-19)15(21-4)8-7-14(12)18(22-5)23-6/h7-8H,9-11H2,1-6H3. The second-order valence-corrected chi connectivity index (χ2v) is 6.77. The summed E-state index contributed by atoms with van der Waals surface area (Å²) in [5.74, 6) is 0.757. The Hall–Kier alpha value is -1.73. The largest absolute Gasteiger partial charge is 0.496 e. The molecule has 0 N–H and O–H groups in total. The molecule has 2 rings (SSSR count). The van der Waals surface area contributed by atoms with Gasteiger partial charge >= 0.3 is 13.2 Å². The number of nitrogens with zero attached hydrogens (tertiary/aromatic N) is 1. The maximum absolute atomic E-state index is 12.4. The van der Waals surface area contributed by atoms with Crippen molar-refractivity contribution in [2.75, 3.05) is 27.9 Å². The van der Waals surface area contributed by atoms with Gasteiger partial charge in [-0.15, -0.1) is 0 Å². The molecule has 1 aliphatic heterocycles. The van der Waals surface area contributed by atoms with E-state index in [-0.39, 0.29) is 6.09 Å². The van der Waals surface area contributed by atoms with Gasteiger partial charge in [0.15, 0.2) is 0 Å². The second-order valence-electron chi connectivity index (χ2n) is 6.77. The molecule has 0 spiro atoms. The van der Waals surface area contributed by atoms with E-state index in [0.29, 0.717) is 19.5 Å². The fourth-order valence-corrected chi connectivity index (χ4v) is 2.92. The maximum Gasteiger partial charge on any atom is 0.493 e. The van der Waals surface area contributed by atoms with Crippen molar-refractivity contribution in [2.45, 2.75) is 39.3 Å². The van der Waals surface area contributed by atoms with Crippen molar-refractivity contribution in [3.63, 3.8) is 0 Å². The lowest BCUT2D eigenvalue weighted by Crippen LogP contribution is -2.44. The van der Waals surface area contributed by atoms with Crippen LogP contribution in [0.2, 0.25) is 0 Å². The predicted octanol–water partition coefficient (Wildman–Crippen LogP) is 1.98. The third-order valence-corrected chi connectivity index (χ3v) is 3.96. The summed E-state index contributed by atoms with van der Waals surface area (Å²) in [6.45, 7) is 6.62.